The minimum atomic E-state index is -3.89. The predicted octanol–water partition coefficient (Wildman–Crippen LogP) is 5.09. The van der Waals surface area contributed by atoms with Crippen LogP contribution in [-0.4, -0.2) is 55.3 Å². The molecule has 1 fully saturated rings. The molecule has 5 rings (SSSR count). The molecule has 1 amide bonds. The molecule has 2 heterocycles. The van der Waals surface area contributed by atoms with E-state index in [0.29, 0.717) is 29.5 Å². The van der Waals surface area contributed by atoms with E-state index in [1.165, 1.54) is 16.1 Å². The number of rotatable bonds is 8. The molecule has 0 saturated carbocycles. The van der Waals surface area contributed by atoms with Crippen molar-refractivity contribution < 1.29 is 13.2 Å². The third-order valence-corrected chi connectivity index (χ3v) is 8.77. The Morgan fingerprint density at radius 3 is 2.05 bits per heavy atom. The SMILES string of the molecule is O=C(c1ccc(N(Cc2ccc(Cl)cc2)S(=O)(=O)c2ccccc2)cn1)N1CCN(Cc2ccccc2)CC1. The molecular formula is C30H29ClN4O3S. The van der Waals surface area contributed by atoms with E-state index in [9.17, 15) is 13.2 Å². The minimum Gasteiger partial charge on any atom is -0.335 e. The lowest BCUT2D eigenvalue weighted by atomic mass is 10.2. The molecular weight excluding hydrogens is 532 g/mol. The van der Waals surface area contributed by atoms with E-state index in [4.69, 9.17) is 11.6 Å². The number of pyridine rings is 1. The van der Waals surface area contributed by atoms with Crippen molar-refractivity contribution in [2.45, 2.75) is 18.0 Å². The molecule has 0 bridgehead atoms. The number of benzene rings is 3. The van der Waals surface area contributed by atoms with Gasteiger partial charge in [0.2, 0.25) is 0 Å². The molecule has 1 saturated heterocycles. The van der Waals surface area contributed by atoms with Gasteiger partial charge in [0, 0.05) is 37.7 Å². The van der Waals surface area contributed by atoms with Gasteiger partial charge in [0.1, 0.15) is 5.69 Å². The molecule has 200 valence electrons. The Hall–Kier alpha value is -3.72. The number of halogens is 1. The topological polar surface area (TPSA) is 73.8 Å². The van der Waals surface area contributed by atoms with Gasteiger partial charge >= 0.3 is 0 Å². The third kappa shape index (κ3) is 6.47. The first-order chi connectivity index (χ1) is 18.9. The fourth-order valence-electron chi connectivity index (χ4n) is 4.56. The number of amides is 1. The second kappa shape index (κ2) is 12.0. The Labute approximate surface area is 234 Å². The summed E-state index contributed by atoms with van der Waals surface area (Å²) in [7, 11) is -3.89. The maximum absolute atomic E-state index is 13.6. The molecule has 39 heavy (non-hydrogen) atoms. The Morgan fingerprint density at radius 2 is 1.44 bits per heavy atom. The van der Waals surface area contributed by atoms with Gasteiger partial charge in [-0.3, -0.25) is 14.0 Å². The molecule has 0 spiro atoms. The van der Waals surface area contributed by atoms with E-state index >= 15 is 0 Å². The van der Waals surface area contributed by atoms with Crippen LogP contribution in [0.1, 0.15) is 21.6 Å². The Bertz CT molecular complexity index is 1490. The van der Waals surface area contributed by atoms with Crippen molar-refractivity contribution in [3.8, 4) is 0 Å². The summed E-state index contributed by atoms with van der Waals surface area (Å²) < 4.78 is 28.5. The maximum atomic E-state index is 13.6. The summed E-state index contributed by atoms with van der Waals surface area (Å²) in [6.07, 6.45) is 1.45. The number of aromatic nitrogens is 1. The van der Waals surface area contributed by atoms with E-state index in [-0.39, 0.29) is 17.3 Å². The normalized spacial score (nSPS) is 14.2. The van der Waals surface area contributed by atoms with E-state index < -0.39 is 10.0 Å². The van der Waals surface area contributed by atoms with Crippen LogP contribution in [0.2, 0.25) is 5.02 Å². The smallest absolute Gasteiger partial charge is 0.272 e. The molecule has 7 nitrogen and oxygen atoms in total. The number of anilines is 1. The van der Waals surface area contributed by atoms with Gasteiger partial charge in [-0.2, -0.15) is 0 Å². The highest BCUT2D eigenvalue weighted by molar-refractivity contribution is 7.92. The number of hydrogen-bond acceptors (Lipinski definition) is 5. The van der Waals surface area contributed by atoms with Crippen molar-refractivity contribution in [1.29, 1.82) is 0 Å². The number of carbonyl (C=O) groups excluding carboxylic acids is 1. The number of nitrogens with zero attached hydrogens (tertiary/aromatic N) is 4. The summed E-state index contributed by atoms with van der Waals surface area (Å²) in [4.78, 5) is 21.9. The molecule has 0 unspecified atom stereocenters. The molecule has 1 aliphatic heterocycles. The summed E-state index contributed by atoms with van der Waals surface area (Å²) in [5, 5.41) is 0.571. The van der Waals surface area contributed by atoms with Crippen LogP contribution < -0.4 is 4.31 Å². The molecule has 9 heteroatoms. The fourth-order valence-corrected chi connectivity index (χ4v) is 6.15. The Morgan fingerprint density at radius 1 is 0.795 bits per heavy atom. The van der Waals surface area contributed by atoms with Gasteiger partial charge in [-0.25, -0.2) is 13.4 Å². The van der Waals surface area contributed by atoms with Crippen molar-refractivity contribution in [3.63, 3.8) is 0 Å². The van der Waals surface area contributed by atoms with Crippen molar-refractivity contribution in [2.75, 3.05) is 30.5 Å². The second-order valence-corrected chi connectivity index (χ2v) is 11.7. The average Bonchev–Trinajstić information content (AvgIpc) is 2.98. The van der Waals surface area contributed by atoms with Gasteiger partial charge in [-0.15, -0.1) is 0 Å². The summed E-state index contributed by atoms with van der Waals surface area (Å²) in [5.74, 6) is -0.156. The standard InChI is InChI=1S/C30H29ClN4O3S/c31-26-13-11-25(12-14-26)23-35(39(37,38)28-9-5-2-6-10-28)27-15-16-29(32-21-27)30(36)34-19-17-33(18-20-34)22-24-7-3-1-4-8-24/h1-16,21H,17-20,22-23H2. The van der Waals surface area contributed by atoms with Crippen LogP contribution in [0.5, 0.6) is 0 Å². The van der Waals surface area contributed by atoms with Gasteiger partial charge in [0.25, 0.3) is 15.9 Å². The van der Waals surface area contributed by atoms with E-state index in [2.05, 4.69) is 22.0 Å². The van der Waals surface area contributed by atoms with E-state index in [1.807, 2.05) is 18.2 Å². The number of hydrogen-bond donors (Lipinski definition) is 0. The summed E-state index contributed by atoms with van der Waals surface area (Å²) in [6.45, 7) is 3.73. The van der Waals surface area contributed by atoms with Crippen LogP contribution in [-0.2, 0) is 23.1 Å². The van der Waals surface area contributed by atoms with Crippen LogP contribution in [0.15, 0.2) is 108 Å². The second-order valence-electron chi connectivity index (χ2n) is 9.41. The number of sulfonamides is 1. The molecule has 4 aromatic rings. The largest absolute Gasteiger partial charge is 0.335 e. The molecule has 0 aliphatic carbocycles. The summed E-state index contributed by atoms with van der Waals surface area (Å²) in [5.41, 5.74) is 2.69. The molecule has 0 atom stereocenters. The highest BCUT2D eigenvalue weighted by atomic mass is 35.5. The molecule has 0 radical (unpaired) electrons. The van der Waals surface area contributed by atoms with E-state index in [0.717, 1.165) is 25.2 Å². The molecule has 3 aromatic carbocycles. The first-order valence-corrected chi connectivity index (χ1v) is 14.6. The highest BCUT2D eigenvalue weighted by Gasteiger charge is 2.27. The fraction of sp³-hybridized carbons (Fsp3) is 0.200. The Kier molecular flexibility index (Phi) is 8.26. The predicted molar refractivity (Wildman–Crippen MR) is 153 cm³/mol. The lowest BCUT2D eigenvalue weighted by molar-refractivity contribution is 0.0623. The van der Waals surface area contributed by atoms with Crippen molar-refractivity contribution in [2.24, 2.45) is 0 Å². The van der Waals surface area contributed by atoms with Crippen LogP contribution in [0, 0.1) is 0 Å². The lowest BCUT2D eigenvalue weighted by Gasteiger charge is -2.34. The Balaban J connectivity index is 1.31. The molecule has 0 N–H and O–H groups in total. The first kappa shape index (κ1) is 26.9. The zero-order valence-corrected chi connectivity index (χ0v) is 22.9. The minimum absolute atomic E-state index is 0.0900. The van der Waals surface area contributed by atoms with E-state index in [1.54, 1.807) is 71.6 Å². The monoisotopic (exact) mass is 560 g/mol. The summed E-state index contributed by atoms with van der Waals surface area (Å²) >= 11 is 6.03. The third-order valence-electron chi connectivity index (χ3n) is 6.73. The van der Waals surface area contributed by atoms with Gasteiger partial charge in [-0.1, -0.05) is 72.3 Å². The van der Waals surface area contributed by atoms with Gasteiger partial charge in [0.15, 0.2) is 0 Å². The molecule has 1 aliphatic rings. The maximum Gasteiger partial charge on any atom is 0.272 e. The van der Waals surface area contributed by atoms with Crippen LogP contribution in [0.4, 0.5) is 5.69 Å². The number of piperazine rings is 1. The van der Waals surface area contributed by atoms with Crippen molar-refractivity contribution in [1.82, 2.24) is 14.8 Å². The number of carbonyl (C=O) groups is 1. The highest BCUT2D eigenvalue weighted by Crippen LogP contribution is 2.26. The van der Waals surface area contributed by atoms with Gasteiger partial charge in [-0.05, 0) is 47.5 Å². The van der Waals surface area contributed by atoms with Crippen LogP contribution in [0.25, 0.3) is 0 Å². The zero-order chi connectivity index (χ0) is 27.2. The molecule has 1 aromatic heterocycles. The van der Waals surface area contributed by atoms with Gasteiger partial charge < -0.3 is 4.90 Å². The van der Waals surface area contributed by atoms with Gasteiger partial charge in [0.05, 0.1) is 23.3 Å². The van der Waals surface area contributed by atoms with Crippen molar-refractivity contribution in [3.05, 3.63) is 125 Å². The first-order valence-electron chi connectivity index (χ1n) is 12.7. The van der Waals surface area contributed by atoms with Crippen LogP contribution in [0.3, 0.4) is 0 Å². The summed E-state index contributed by atoms with van der Waals surface area (Å²) in [6, 6.07) is 28.8. The quantitative estimate of drug-likeness (QED) is 0.300. The zero-order valence-electron chi connectivity index (χ0n) is 21.4. The average molecular weight is 561 g/mol. The van der Waals surface area contributed by atoms with Crippen molar-refractivity contribution >= 4 is 33.2 Å². The van der Waals surface area contributed by atoms with Crippen LogP contribution >= 0.6 is 11.6 Å². The lowest BCUT2D eigenvalue weighted by Crippen LogP contribution is -2.48.